The van der Waals surface area contributed by atoms with Gasteiger partial charge in [-0.15, -0.1) is 0 Å². The summed E-state index contributed by atoms with van der Waals surface area (Å²) < 4.78 is 15.4. The van der Waals surface area contributed by atoms with Crippen molar-refractivity contribution in [2.75, 3.05) is 20.8 Å². The summed E-state index contributed by atoms with van der Waals surface area (Å²) in [6, 6.07) is 2.93. The van der Waals surface area contributed by atoms with Gasteiger partial charge < -0.3 is 19.3 Å². The van der Waals surface area contributed by atoms with Crippen molar-refractivity contribution in [3.63, 3.8) is 0 Å². The van der Waals surface area contributed by atoms with E-state index in [2.05, 4.69) is 20.8 Å². The van der Waals surface area contributed by atoms with Crippen molar-refractivity contribution in [3.8, 4) is 0 Å². The lowest BCUT2D eigenvalue weighted by Crippen LogP contribution is -2.53. The zero-order valence-corrected chi connectivity index (χ0v) is 15.2. The van der Waals surface area contributed by atoms with Crippen LogP contribution < -0.4 is 0 Å². The highest BCUT2D eigenvalue weighted by Gasteiger charge is 2.68. The third kappa shape index (κ3) is 3.07. The lowest BCUT2D eigenvalue weighted by Gasteiger charge is -2.36. The van der Waals surface area contributed by atoms with Gasteiger partial charge in [0, 0.05) is 0 Å². The van der Waals surface area contributed by atoms with Crippen molar-refractivity contribution in [1.29, 1.82) is 0 Å². The molecule has 0 spiro atoms. The molecular formula is C15H28O6Si. The number of hydrogen-bond donors (Lipinski definition) is 1. The molecular weight excluding hydrogens is 304 g/mol. The van der Waals surface area contributed by atoms with Crippen LogP contribution in [0.2, 0.25) is 18.1 Å². The summed E-state index contributed by atoms with van der Waals surface area (Å²) in [5, 5.41) is 9.01. The van der Waals surface area contributed by atoms with Crippen LogP contribution in [0.4, 0.5) is 0 Å². The van der Waals surface area contributed by atoms with Gasteiger partial charge in [-0.25, -0.2) is 0 Å². The Hall–Kier alpha value is -0.923. The van der Waals surface area contributed by atoms with Crippen molar-refractivity contribution in [1.82, 2.24) is 0 Å². The molecule has 6 nitrogen and oxygen atoms in total. The van der Waals surface area contributed by atoms with Crippen LogP contribution in [0.25, 0.3) is 0 Å². The molecule has 1 aliphatic rings. The van der Waals surface area contributed by atoms with Gasteiger partial charge in [-0.2, -0.15) is 0 Å². The fourth-order valence-electron chi connectivity index (χ4n) is 3.77. The molecule has 0 unspecified atom stereocenters. The number of epoxide rings is 1. The number of methoxy groups -OCH3 is 2. The number of aliphatic hydroxyl groups excluding tert-OH is 1. The number of esters is 2. The summed E-state index contributed by atoms with van der Waals surface area (Å²) in [6.07, 6.45) is -0.0601. The molecule has 0 aromatic rings. The first-order chi connectivity index (χ1) is 10.4. The number of carbonyl (C=O) groups excluding carboxylic acids is 2. The smallest absolute Gasteiger partial charge is 0.320 e. The standard InChI is InChI=1S/C15H28O6Si/c1-6-22(7-2,8-3)15(12(10-16)21-15)9-11(13(17)19-4)14(18)20-5/h11-12,16H,6-10H2,1-5H3/t12-,15-/m0/s1. The van der Waals surface area contributed by atoms with Gasteiger partial charge in [-0.05, 0) is 6.42 Å². The van der Waals surface area contributed by atoms with Crippen molar-refractivity contribution in [3.05, 3.63) is 0 Å². The van der Waals surface area contributed by atoms with Crippen LogP contribution in [0.3, 0.4) is 0 Å². The molecule has 1 aliphatic heterocycles. The summed E-state index contributed by atoms with van der Waals surface area (Å²) in [7, 11) is 0.617. The zero-order valence-electron chi connectivity index (χ0n) is 14.2. The van der Waals surface area contributed by atoms with Gasteiger partial charge in [0.25, 0.3) is 0 Å². The minimum atomic E-state index is -1.90. The predicted molar refractivity (Wildman–Crippen MR) is 84.0 cm³/mol. The Labute approximate surface area is 133 Å². The fraction of sp³-hybridized carbons (Fsp3) is 0.867. The maximum absolute atomic E-state index is 12.0. The van der Waals surface area contributed by atoms with Crippen molar-refractivity contribution in [2.45, 2.75) is 56.7 Å². The van der Waals surface area contributed by atoms with Crippen LogP contribution in [-0.2, 0) is 23.8 Å². The number of aliphatic hydroxyl groups is 1. The van der Waals surface area contributed by atoms with E-state index in [9.17, 15) is 14.7 Å². The maximum Gasteiger partial charge on any atom is 0.320 e. The van der Waals surface area contributed by atoms with Gasteiger partial charge in [-0.1, -0.05) is 38.9 Å². The van der Waals surface area contributed by atoms with E-state index in [0.717, 1.165) is 18.1 Å². The molecule has 128 valence electrons. The topological polar surface area (TPSA) is 85.4 Å². The molecule has 0 aromatic carbocycles. The Bertz CT molecular complexity index is 385. The Morgan fingerprint density at radius 2 is 1.59 bits per heavy atom. The van der Waals surface area contributed by atoms with Crippen molar-refractivity contribution >= 4 is 20.0 Å². The molecule has 1 heterocycles. The number of ether oxygens (including phenoxy) is 3. The van der Waals surface area contributed by atoms with E-state index in [0.29, 0.717) is 0 Å². The van der Waals surface area contributed by atoms with Crippen LogP contribution >= 0.6 is 0 Å². The van der Waals surface area contributed by atoms with Crippen LogP contribution in [-0.4, -0.2) is 57.3 Å². The molecule has 1 fully saturated rings. The molecule has 22 heavy (non-hydrogen) atoms. The minimum absolute atomic E-state index is 0.0934. The summed E-state index contributed by atoms with van der Waals surface area (Å²) in [4.78, 5) is 24.0. The molecule has 0 bridgehead atoms. The second-order valence-corrected chi connectivity index (χ2v) is 11.4. The summed E-state index contributed by atoms with van der Waals surface area (Å²) in [5.74, 6) is -2.21. The van der Waals surface area contributed by atoms with E-state index in [-0.39, 0.29) is 19.1 Å². The second-order valence-electron chi connectivity index (χ2n) is 5.82. The van der Waals surface area contributed by atoms with Gasteiger partial charge in [0.1, 0.15) is 6.10 Å². The summed E-state index contributed by atoms with van der Waals surface area (Å²) in [6.45, 7) is 6.29. The minimum Gasteiger partial charge on any atom is -0.468 e. The average Bonchev–Trinajstić information content (AvgIpc) is 3.28. The fourth-order valence-corrected chi connectivity index (χ4v) is 8.86. The predicted octanol–water partition coefficient (Wildman–Crippen LogP) is 1.52. The Balaban J connectivity index is 3.15. The molecule has 7 heteroatoms. The van der Waals surface area contributed by atoms with Crippen molar-refractivity contribution < 1.29 is 28.9 Å². The van der Waals surface area contributed by atoms with Gasteiger partial charge in [0.2, 0.25) is 0 Å². The van der Waals surface area contributed by atoms with Gasteiger partial charge in [0.15, 0.2) is 5.92 Å². The molecule has 1 N–H and O–H groups in total. The molecule has 0 aliphatic carbocycles. The van der Waals surface area contributed by atoms with Gasteiger partial charge in [0.05, 0.1) is 34.1 Å². The largest absolute Gasteiger partial charge is 0.468 e. The van der Waals surface area contributed by atoms with E-state index in [1.54, 1.807) is 0 Å². The van der Waals surface area contributed by atoms with E-state index < -0.39 is 31.2 Å². The summed E-state index contributed by atoms with van der Waals surface area (Å²) >= 11 is 0. The zero-order chi connectivity index (χ0) is 17.0. The molecule has 0 aromatic heterocycles. The van der Waals surface area contributed by atoms with E-state index in [1.165, 1.54) is 14.2 Å². The molecule has 2 atom stereocenters. The summed E-state index contributed by atoms with van der Waals surface area (Å²) in [5.41, 5.74) is 0. The molecule has 0 radical (unpaired) electrons. The quantitative estimate of drug-likeness (QED) is 0.298. The number of rotatable bonds is 9. The van der Waals surface area contributed by atoms with Crippen LogP contribution in [0.1, 0.15) is 27.2 Å². The van der Waals surface area contributed by atoms with Crippen LogP contribution in [0.5, 0.6) is 0 Å². The highest BCUT2D eigenvalue weighted by atomic mass is 28.3. The lowest BCUT2D eigenvalue weighted by molar-refractivity contribution is -0.159. The first-order valence-corrected chi connectivity index (χ1v) is 10.5. The lowest BCUT2D eigenvalue weighted by atomic mass is 10.0. The van der Waals surface area contributed by atoms with E-state index >= 15 is 0 Å². The van der Waals surface area contributed by atoms with Crippen molar-refractivity contribution in [2.24, 2.45) is 5.92 Å². The SMILES string of the molecule is CC[Si](CC)(CC)[C@]1(CC(C(=O)OC)C(=O)OC)O[C@H]1CO. The van der Waals surface area contributed by atoms with E-state index in [1.807, 2.05) is 0 Å². The number of hydrogen-bond acceptors (Lipinski definition) is 6. The molecule has 1 rings (SSSR count). The Morgan fingerprint density at radius 1 is 1.14 bits per heavy atom. The Kier molecular flexibility index (Phi) is 6.58. The van der Waals surface area contributed by atoms with Crippen LogP contribution in [0.15, 0.2) is 0 Å². The first kappa shape index (κ1) is 19.1. The highest BCUT2D eigenvalue weighted by molar-refractivity contribution is 6.83. The highest BCUT2D eigenvalue weighted by Crippen LogP contribution is 2.53. The van der Waals surface area contributed by atoms with Gasteiger partial charge >= 0.3 is 11.9 Å². The second kappa shape index (κ2) is 7.57. The molecule has 0 amide bonds. The molecule has 1 saturated heterocycles. The molecule has 0 saturated carbocycles. The van der Waals surface area contributed by atoms with E-state index in [4.69, 9.17) is 14.2 Å². The average molecular weight is 332 g/mol. The normalized spacial score (nSPS) is 24.2. The third-order valence-corrected chi connectivity index (χ3v) is 11.9. The maximum atomic E-state index is 12.0. The third-order valence-electron chi connectivity index (χ3n) is 5.39. The first-order valence-electron chi connectivity index (χ1n) is 7.86. The van der Waals surface area contributed by atoms with Gasteiger partial charge in [-0.3, -0.25) is 9.59 Å². The number of carbonyl (C=O) groups is 2. The van der Waals surface area contributed by atoms with Crippen LogP contribution in [0, 0.1) is 5.92 Å². The Morgan fingerprint density at radius 3 is 1.86 bits per heavy atom. The monoisotopic (exact) mass is 332 g/mol.